The molecule has 2 nitrogen and oxygen atoms in total. The van der Waals surface area contributed by atoms with E-state index in [0.717, 1.165) is 18.0 Å². The standard InChI is InChI=1S/C13H23NOS/c1-6-11(13(2,3)4)14-9-10-7-8-12(15-5)16-10/h7-8,11,14H,6,9H2,1-5H3. The van der Waals surface area contributed by atoms with Gasteiger partial charge in [-0.2, -0.15) is 0 Å². The van der Waals surface area contributed by atoms with Crippen molar-refractivity contribution in [1.82, 2.24) is 5.32 Å². The summed E-state index contributed by atoms with van der Waals surface area (Å²) in [5.41, 5.74) is 0.316. The first-order valence-electron chi connectivity index (χ1n) is 5.83. The smallest absolute Gasteiger partial charge is 0.173 e. The van der Waals surface area contributed by atoms with Crippen molar-refractivity contribution in [1.29, 1.82) is 0 Å². The molecule has 0 saturated carbocycles. The van der Waals surface area contributed by atoms with Gasteiger partial charge in [0.05, 0.1) is 7.11 Å². The van der Waals surface area contributed by atoms with Gasteiger partial charge in [-0.15, -0.1) is 11.3 Å². The summed E-state index contributed by atoms with van der Waals surface area (Å²) in [6, 6.07) is 4.71. The lowest BCUT2D eigenvalue weighted by Gasteiger charge is -2.30. The van der Waals surface area contributed by atoms with Crippen LogP contribution >= 0.6 is 11.3 Å². The number of nitrogens with one attached hydrogen (secondary N) is 1. The summed E-state index contributed by atoms with van der Waals surface area (Å²) in [4.78, 5) is 1.33. The molecule has 0 aromatic carbocycles. The topological polar surface area (TPSA) is 21.3 Å². The monoisotopic (exact) mass is 241 g/mol. The highest BCUT2D eigenvalue weighted by Gasteiger charge is 2.22. The molecule has 16 heavy (non-hydrogen) atoms. The molecule has 1 unspecified atom stereocenters. The third-order valence-corrected chi connectivity index (χ3v) is 3.86. The van der Waals surface area contributed by atoms with Gasteiger partial charge in [0.15, 0.2) is 5.06 Å². The van der Waals surface area contributed by atoms with E-state index >= 15 is 0 Å². The predicted octanol–water partition coefficient (Wildman–Crippen LogP) is 3.67. The summed E-state index contributed by atoms with van der Waals surface area (Å²) in [6.45, 7) is 10.0. The summed E-state index contributed by atoms with van der Waals surface area (Å²) >= 11 is 1.71. The Morgan fingerprint density at radius 2 is 2.06 bits per heavy atom. The van der Waals surface area contributed by atoms with E-state index in [4.69, 9.17) is 4.74 Å². The van der Waals surface area contributed by atoms with Gasteiger partial charge in [0.2, 0.25) is 0 Å². The van der Waals surface area contributed by atoms with Crippen LogP contribution in [0.1, 0.15) is 39.0 Å². The molecule has 1 atom stereocenters. The summed E-state index contributed by atoms with van der Waals surface area (Å²) in [6.07, 6.45) is 1.16. The summed E-state index contributed by atoms with van der Waals surface area (Å²) < 4.78 is 5.19. The Kier molecular flexibility index (Phi) is 4.81. The minimum atomic E-state index is 0.316. The second-order valence-corrected chi connectivity index (χ2v) is 6.26. The van der Waals surface area contributed by atoms with Crippen molar-refractivity contribution >= 4 is 11.3 Å². The molecule has 1 rings (SSSR count). The SMILES string of the molecule is CCC(NCc1ccc(OC)s1)C(C)(C)C. The van der Waals surface area contributed by atoms with E-state index in [2.05, 4.69) is 39.1 Å². The molecule has 1 aromatic heterocycles. The van der Waals surface area contributed by atoms with Crippen LogP contribution in [0, 0.1) is 5.41 Å². The maximum Gasteiger partial charge on any atom is 0.173 e. The average Bonchev–Trinajstić information content (AvgIpc) is 2.64. The van der Waals surface area contributed by atoms with E-state index in [1.165, 1.54) is 4.88 Å². The molecular formula is C13H23NOS. The first-order valence-corrected chi connectivity index (χ1v) is 6.65. The number of ether oxygens (including phenoxy) is 1. The van der Waals surface area contributed by atoms with E-state index in [1.54, 1.807) is 18.4 Å². The Morgan fingerprint density at radius 3 is 2.50 bits per heavy atom. The molecule has 0 fully saturated rings. The summed E-state index contributed by atoms with van der Waals surface area (Å²) in [5, 5.41) is 4.60. The highest BCUT2D eigenvalue weighted by atomic mass is 32.1. The fourth-order valence-electron chi connectivity index (χ4n) is 1.85. The van der Waals surface area contributed by atoms with Crippen molar-refractivity contribution in [2.75, 3.05) is 7.11 Å². The number of thiophene rings is 1. The molecule has 0 aliphatic heterocycles. The first-order chi connectivity index (χ1) is 7.47. The molecule has 0 radical (unpaired) electrons. The zero-order valence-corrected chi connectivity index (χ0v) is 11.8. The van der Waals surface area contributed by atoms with Gasteiger partial charge in [-0.25, -0.2) is 0 Å². The Hall–Kier alpha value is -0.540. The van der Waals surface area contributed by atoms with E-state index in [1.807, 2.05) is 6.07 Å². The van der Waals surface area contributed by atoms with Crippen LogP contribution in [0.15, 0.2) is 12.1 Å². The molecule has 0 bridgehead atoms. The van der Waals surface area contributed by atoms with Crippen LogP contribution in [0.2, 0.25) is 0 Å². The fourth-order valence-corrected chi connectivity index (χ4v) is 2.62. The maximum absolute atomic E-state index is 5.19. The van der Waals surface area contributed by atoms with Crippen LogP contribution in [0.5, 0.6) is 5.06 Å². The largest absolute Gasteiger partial charge is 0.487 e. The lowest BCUT2D eigenvalue weighted by atomic mass is 9.85. The fraction of sp³-hybridized carbons (Fsp3) is 0.692. The molecular weight excluding hydrogens is 218 g/mol. The number of rotatable bonds is 5. The van der Waals surface area contributed by atoms with E-state index < -0.39 is 0 Å². The van der Waals surface area contributed by atoms with Crippen LogP contribution < -0.4 is 10.1 Å². The zero-order valence-electron chi connectivity index (χ0n) is 11.0. The lowest BCUT2D eigenvalue weighted by molar-refractivity contribution is 0.260. The van der Waals surface area contributed by atoms with Crippen LogP contribution in [-0.2, 0) is 6.54 Å². The molecule has 0 aliphatic rings. The molecule has 92 valence electrons. The van der Waals surface area contributed by atoms with Crippen LogP contribution in [0.25, 0.3) is 0 Å². The molecule has 0 saturated heterocycles. The number of hydrogen-bond donors (Lipinski definition) is 1. The minimum Gasteiger partial charge on any atom is -0.487 e. The highest BCUT2D eigenvalue weighted by Crippen LogP contribution is 2.25. The molecule has 1 heterocycles. The molecule has 0 spiro atoms. The Morgan fingerprint density at radius 1 is 1.38 bits per heavy atom. The second-order valence-electron chi connectivity index (χ2n) is 5.13. The molecule has 1 aromatic rings. The summed E-state index contributed by atoms with van der Waals surface area (Å²) in [5.74, 6) is 0. The third kappa shape index (κ3) is 3.80. The normalized spacial score (nSPS) is 13.8. The Labute approximate surface area is 103 Å². The van der Waals surface area contributed by atoms with Gasteiger partial charge in [-0.1, -0.05) is 27.7 Å². The van der Waals surface area contributed by atoms with Crippen LogP contribution in [-0.4, -0.2) is 13.2 Å². The van der Waals surface area contributed by atoms with Crippen molar-refractivity contribution in [3.63, 3.8) is 0 Å². The highest BCUT2D eigenvalue weighted by molar-refractivity contribution is 7.13. The van der Waals surface area contributed by atoms with Crippen molar-refractivity contribution in [2.45, 2.75) is 46.7 Å². The Bertz CT molecular complexity index is 314. The Balaban J connectivity index is 2.49. The minimum absolute atomic E-state index is 0.316. The van der Waals surface area contributed by atoms with Crippen LogP contribution in [0.3, 0.4) is 0 Å². The van der Waals surface area contributed by atoms with E-state index in [0.29, 0.717) is 11.5 Å². The molecule has 3 heteroatoms. The maximum atomic E-state index is 5.19. The first kappa shape index (κ1) is 13.5. The van der Waals surface area contributed by atoms with Crippen LogP contribution in [0.4, 0.5) is 0 Å². The summed E-state index contributed by atoms with van der Waals surface area (Å²) in [7, 11) is 1.72. The number of methoxy groups -OCH3 is 1. The average molecular weight is 241 g/mol. The van der Waals surface area contributed by atoms with Gasteiger partial charge in [-0.3, -0.25) is 0 Å². The van der Waals surface area contributed by atoms with Crippen molar-refractivity contribution in [2.24, 2.45) is 5.41 Å². The lowest BCUT2D eigenvalue weighted by Crippen LogP contribution is -2.39. The number of hydrogen-bond acceptors (Lipinski definition) is 3. The molecule has 1 N–H and O–H groups in total. The zero-order chi connectivity index (χ0) is 12.2. The van der Waals surface area contributed by atoms with Gasteiger partial charge in [0.25, 0.3) is 0 Å². The van der Waals surface area contributed by atoms with Gasteiger partial charge >= 0.3 is 0 Å². The van der Waals surface area contributed by atoms with Gasteiger partial charge in [0, 0.05) is 17.5 Å². The third-order valence-electron chi connectivity index (χ3n) is 2.81. The predicted molar refractivity (Wildman–Crippen MR) is 71.2 cm³/mol. The molecule has 0 amide bonds. The van der Waals surface area contributed by atoms with Gasteiger partial charge < -0.3 is 10.1 Å². The van der Waals surface area contributed by atoms with Crippen molar-refractivity contribution < 1.29 is 4.74 Å². The quantitative estimate of drug-likeness (QED) is 0.849. The van der Waals surface area contributed by atoms with Crippen molar-refractivity contribution in [3.05, 3.63) is 17.0 Å². The molecule has 0 aliphatic carbocycles. The van der Waals surface area contributed by atoms with Gasteiger partial charge in [0.1, 0.15) is 0 Å². The van der Waals surface area contributed by atoms with E-state index in [9.17, 15) is 0 Å². The van der Waals surface area contributed by atoms with E-state index in [-0.39, 0.29) is 0 Å². The van der Waals surface area contributed by atoms with Gasteiger partial charge in [-0.05, 0) is 24.0 Å². The second kappa shape index (κ2) is 5.69. The van der Waals surface area contributed by atoms with Crippen molar-refractivity contribution in [3.8, 4) is 5.06 Å².